The highest BCUT2D eigenvalue weighted by Gasteiger charge is 2.21. The van der Waals surface area contributed by atoms with Crippen LogP contribution in [0, 0.1) is 15.9 Å². The molecular weight excluding hydrogens is 281 g/mol. The SMILES string of the molecule is COc1ccc(F)cc1-c1ccc(C(=O)O)c([N+](=O)[O-])c1. The summed E-state index contributed by atoms with van der Waals surface area (Å²) in [5.41, 5.74) is -0.397. The molecule has 2 aromatic rings. The van der Waals surface area contributed by atoms with Crippen molar-refractivity contribution >= 4 is 11.7 Å². The van der Waals surface area contributed by atoms with Crippen molar-refractivity contribution in [2.45, 2.75) is 0 Å². The zero-order valence-electron chi connectivity index (χ0n) is 10.9. The van der Waals surface area contributed by atoms with Crippen LogP contribution in [0.3, 0.4) is 0 Å². The summed E-state index contributed by atoms with van der Waals surface area (Å²) in [5, 5.41) is 19.9. The van der Waals surface area contributed by atoms with E-state index in [9.17, 15) is 19.3 Å². The van der Waals surface area contributed by atoms with Crippen molar-refractivity contribution in [3.8, 4) is 16.9 Å². The van der Waals surface area contributed by atoms with Gasteiger partial charge < -0.3 is 9.84 Å². The molecule has 0 unspecified atom stereocenters. The van der Waals surface area contributed by atoms with E-state index in [1.807, 2.05) is 0 Å². The first-order valence-electron chi connectivity index (χ1n) is 5.79. The number of carboxylic acids is 1. The van der Waals surface area contributed by atoms with E-state index in [-0.39, 0.29) is 0 Å². The van der Waals surface area contributed by atoms with Crippen LogP contribution in [0.25, 0.3) is 11.1 Å². The second-order valence-electron chi connectivity index (χ2n) is 4.14. The lowest BCUT2D eigenvalue weighted by Gasteiger charge is -2.09. The molecule has 2 rings (SSSR count). The maximum atomic E-state index is 13.4. The van der Waals surface area contributed by atoms with Crippen molar-refractivity contribution in [2.75, 3.05) is 7.11 Å². The van der Waals surface area contributed by atoms with Gasteiger partial charge in [0.2, 0.25) is 0 Å². The van der Waals surface area contributed by atoms with Crippen LogP contribution in [0.2, 0.25) is 0 Å². The molecule has 108 valence electrons. The van der Waals surface area contributed by atoms with Gasteiger partial charge in [-0.3, -0.25) is 10.1 Å². The molecule has 0 aliphatic heterocycles. The monoisotopic (exact) mass is 291 g/mol. The molecule has 0 aliphatic carbocycles. The van der Waals surface area contributed by atoms with Gasteiger partial charge >= 0.3 is 5.97 Å². The lowest BCUT2D eigenvalue weighted by Crippen LogP contribution is -2.02. The van der Waals surface area contributed by atoms with Crippen molar-refractivity contribution < 1.29 is 24.0 Å². The quantitative estimate of drug-likeness (QED) is 0.690. The second kappa shape index (κ2) is 5.58. The number of carboxylic acid groups (broad SMARTS) is 1. The third-order valence-electron chi connectivity index (χ3n) is 2.90. The number of hydrogen-bond acceptors (Lipinski definition) is 4. The van der Waals surface area contributed by atoms with Crippen LogP contribution in [0.1, 0.15) is 10.4 Å². The van der Waals surface area contributed by atoms with E-state index >= 15 is 0 Å². The maximum absolute atomic E-state index is 13.4. The van der Waals surface area contributed by atoms with Crippen molar-refractivity contribution in [2.24, 2.45) is 0 Å². The molecule has 0 radical (unpaired) electrons. The normalized spacial score (nSPS) is 10.2. The Morgan fingerprint density at radius 1 is 1.29 bits per heavy atom. The molecule has 0 atom stereocenters. The van der Waals surface area contributed by atoms with Crippen LogP contribution in [0.15, 0.2) is 36.4 Å². The first-order valence-corrected chi connectivity index (χ1v) is 5.79. The van der Waals surface area contributed by atoms with Crippen LogP contribution in [-0.2, 0) is 0 Å². The Morgan fingerprint density at radius 3 is 2.57 bits per heavy atom. The Morgan fingerprint density at radius 2 is 2.00 bits per heavy atom. The van der Waals surface area contributed by atoms with Gasteiger partial charge in [0.05, 0.1) is 12.0 Å². The van der Waals surface area contributed by atoms with Crippen LogP contribution in [0.5, 0.6) is 5.75 Å². The first-order chi connectivity index (χ1) is 9.93. The highest BCUT2D eigenvalue weighted by atomic mass is 19.1. The highest BCUT2D eigenvalue weighted by Crippen LogP contribution is 2.33. The number of hydrogen-bond donors (Lipinski definition) is 1. The van der Waals surface area contributed by atoms with Crippen molar-refractivity contribution in [3.63, 3.8) is 0 Å². The zero-order valence-corrected chi connectivity index (χ0v) is 10.9. The Labute approximate surface area is 118 Å². The summed E-state index contributed by atoms with van der Waals surface area (Å²) >= 11 is 0. The fourth-order valence-electron chi connectivity index (χ4n) is 1.94. The summed E-state index contributed by atoms with van der Waals surface area (Å²) in [6, 6.07) is 7.32. The number of carbonyl (C=O) groups is 1. The van der Waals surface area contributed by atoms with E-state index in [4.69, 9.17) is 9.84 Å². The van der Waals surface area contributed by atoms with Gasteiger partial charge in [0, 0.05) is 11.6 Å². The molecule has 0 saturated carbocycles. The van der Waals surface area contributed by atoms with E-state index in [0.717, 1.165) is 12.1 Å². The Hall–Kier alpha value is -2.96. The molecule has 0 fully saturated rings. The van der Waals surface area contributed by atoms with Crippen LogP contribution in [-0.4, -0.2) is 23.1 Å². The van der Waals surface area contributed by atoms with Crippen molar-refractivity contribution in [1.82, 2.24) is 0 Å². The number of nitro groups is 1. The van der Waals surface area contributed by atoms with Crippen LogP contribution in [0.4, 0.5) is 10.1 Å². The number of ether oxygens (including phenoxy) is 1. The summed E-state index contributed by atoms with van der Waals surface area (Å²) < 4.78 is 18.4. The van der Waals surface area contributed by atoms with Gasteiger partial charge in [-0.05, 0) is 29.8 Å². The molecule has 0 saturated heterocycles. The summed E-state index contributed by atoms with van der Waals surface area (Å²) in [6.07, 6.45) is 0. The molecule has 0 heterocycles. The third kappa shape index (κ3) is 2.81. The van der Waals surface area contributed by atoms with E-state index in [1.54, 1.807) is 0 Å². The number of nitro benzene ring substituents is 1. The van der Waals surface area contributed by atoms with E-state index < -0.39 is 28.0 Å². The molecule has 0 aromatic heterocycles. The number of nitrogens with zero attached hydrogens (tertiary/aromatic N) is 1. The largest absolute Gasteiger partial charge is 0.496 e. The fraction of sp³-hybridized carbons (Fsp3) is 0.0714. The average Bonchev–Trinajstić information content (AvgIpc) is 2.46. The molecule has 2 aromatic carbocycles. The van der Waals surface area contributed by atoms with Gasteiger partial charge in [0.15, 0.2) is 0 Å². The van der Waals surface area contributed by atoms with Gasteiger partial charge in [-0.25, -0.2) is 9.18 Å². The molecule has 21 heavy (non-hydrogen) atoms. The first kappa shape index (κ1) is 14.4. The Kier molecular flexibility index (Phi) is 3.84. The number of aromatic carboxylic acids is 1. The Bertz CT molecular complexity index is 729. The lowest BCUT2D eigenvalue weighted by molar-refractivity contribution is -0.385. The van der Waals surface area contributed by atoms with E-state index in [0.29, 0.717) is 16.9 Å². The predicted molar refractivity (Wildman–Crippen MR) is 72.0 cm³/mol. The number of halogens is 1. The van der Waals surface area contributed by atoms with Gasteiger partial charge in [-0.15, -0.1) is 0 Å². The van der Waals surface area contributed by atoms with Crippen molar-refractivity contribution in [1.29, 1.82) is 0 Å². The molecule has 0 bridgehead atoms. The number of methoxy groups -OCH3 is 1. The third-order valence-corrected chi connectivity index (χ3v) is 2.90. The summed E-state index contributed by atoms with van der Waals surface area (Å²) in [6.45, 7) is 0. The molecule has 6 nitrogen and oxygen atoms in total. The molecule has 0 aliphatic rings. The minimum atomic E-state index is -1.40. The second-order valence-corrected chi connectivity index (χ2v) is 4.14. The predicted octanol–water partition coefficient (Wildman–Crippen LogP) is 3.11. The van der Waals surface area contributed by atoms with Gasteiger partial charge in [0.1, 0.15) is 17.1 Å². The summed E-state index contributed by atoms with van der Waals surface area (Å²) in [5.74, 6) is -1.61. The maximum Gasteiger partial charge on any atom is 0.342 e. The molecule has 0 spiro atoms. The minimum absolute atomic E-state index is 0.294. The summed E-state index contributed by atoms with van der Waals surface area (Å²) in [4.78, 5) is 21.1. The Balaban J connectivity index is 2.66. The summed E-state index contributed by atoms with van der Waals surface area (Å²) in [7, 11) is 1.39. The molecule has 7 heteroatoms. The standard InChI is InChI=1S/C14H10FNO5/c1-21-13-5-3-9(15)7-11(13)8-2-4-10(14(17)18)12(6-8)16(19)20/h2-7H,1H3,(H,17,18). The molecular formula is C14H10FNO5. The zero-order chi connectivity index (χ0) is 15.6. The lowest BCUT2D eigenvalue weighted by atomic mass is 10.0. The van der Waals surface area contributed by atoms with Gasteiger partial charge in [-0.2, -0.15) is 0 Å². The van der Waals surface area contributed by atoms with Gasteiger partial charge in [0.25, 0.3) is 5.69 Å². The number of benzene rings is 2. The highest BCUT2D eigenvalue weighted by molar-refractivity contribution is 5.93. The van der Waals surface area contributed by atoms with Gasteiger partial charge in [-0.1, -0.05) is 6.07 Å². The average molecular weight is 291 g/mol. The van der Waals surface area contributed by atoms with Crippen LogP contribution < -0.4 is 4.74 Å². The molecule has 1 N–H and O–H groups in total. The fourth-order valence-corrected chi connectivity index (χ4v) is 1.94. The number of rotatable bonds is 4. The minimum Gasteiger partial charge on any atom is -0.496 e. The smallest absolute Gasteiger partial charge is 0.342 e. The topological polar surface area (TPSA) is 89.7 Å². The van der Waals surface area contributed by atoms with Crippen molar-refractivity contribution in [3.05, 3.63) is 57.9 Å². The molecule has 0 amide bonds. The van der Waals surface area contributed by atoms with E-state index in [1.165, 1.54) is 31.4 Å². The van der Waals surface area contributed by atoms with Crippen LogP contribution >= 0.6 is 0 Å². The van der Waals surface area contributed by atoms with E-state index in [2.05, 4.69) is 0 Å².